The van der Waals surface area contributed by atoms with Gasteiger partial charge in [0.1, 0.15) is 10.7 Å². The van der Waals surface area contributed by atoms with E-state index in [-0.39, 0.29) is 27.3 Å². The van der Waals surface area contributed by atoms with Gasteiger partial charge in [0.2, 0.25) is 0 Å². The predicted molar refractivity (Wildman–Crippen MR) is 275 cm³/mol. The van der Waals surface area contributed by atoms with Gasteiger partial charge in [-0.3, -0.25) is 10.6 Å². The standard InChI is InChI=1S/C24H31N5OS.C24H6.H3N5OS.12H2/c1-15-16(2)31-22(21(15)27-13-17-7-10-29(3)11-8-17)24(30)28-14-18-4-5-20-19(12-18)6-9-26-23(20)25;1-3-5-7-9-11-13-15-17-19-21-23-24-22-20-18-16-14-12-10-8-6-4-2;1-2-3-4-5(6)7;;;;;;;;;;;;/h4-6,9,12,17,27H,7-8,10-11,13-14H2,1-3H3,(H2,25,26)(H,28,30);1-2H3;(H2,1,3)(H,2,4,6,7);12*1H. The molecule has 14 heteroatoms. The lowest BCUT2D eigenvalue weighted by Gasteiger charge is -2.29. The predicted octanol–water partition coefficient (Wildman–Crippen LogP) is 7.17. The van der Waals surface area contributed by atoms with E-state index in [9.17, 15) is 9.70 Å². The highest BCUT2D eigenvalue weighted by molar-refractivity contribution is 7.51. The second-order valence-corrected chi connectivity index (χ2v) is 13.7. The molecule has 12 nitrogen and oxygen atoms in total. The average molecular weight is 877 g/mol. The highest BCUT2D eigenvalue weighted by atomic mass is 32.1. The third kappa shape index (κ3) is 20.8. The number of anilines is 2. The van der Waals surface area contributed by atoms with Gasteiger partial charge in [-0.15, -0.1) is 11.3 Å². The van der Waals surface area contributed by atoms with Crippen molar-refractivity contribution >= 4 is 52.3 Å². The second kappa shape index (κ2) is 30.6. The van der Waals surface area contributed by atoms with Crippen LogP contribution in [0.3, 0.4) is 0 Å². The SMILES string of the molecule is CC#CC#CC#CC#CC#CC#CC#CC#CC#CC#CC#CC.Cc1sc(C(=O)NCc2ccc3c(N)nccc3c2)c(NCC2CCN(C)CC2)c1C.NN=NN[N+](=O)[S-].[HH].[HH].[HH].[HH].[HH].[HH].[HH].[HH].[HH].[HH].[HH].[HH]. The highest BCUT2D eigenvalue weighted by Gasteiger charge is 2.21. The molecule has 1 aliphatic rings. The largest absolute Gasteiger partial charge is 0.478 e. The lowest BCUT2D eigenvalue weighted by atomic mass is 9.97. The monoisotopic (exact) mass is 876 g/mol. The van der Waals surface area contributed by atoms with Crippen molar-refractivity contribution in [2.45, 2.75) is 47.1 Å². The fourth-order valence-electron chi connectivity index (χ4n) is 4.89. The first kappa shape index (κ1) is 49.7. The summed E-state index contributed by atoms with van der Waals surface area (Å²) in [5.41, 5.74) is 10.9. The van der Waals surface area contributed by atoms with E-state index >= 15 is 0 Å². The van der Waals surface area contributed by atoms with Crippen LogP contribution in [0.2, 0.25) is 0 Å². The van der Waals surface area contributed by atoms with E-state index in [4.69, 9.17) is 5.73 Å². The Bertz CT molecular complexity index is 2800. The zero-order valence-corrected chi connectivity index (χ0v) is 36.4. The van der Waals surface area contributed by atoms with Crippen molar-refractivity contribution in [3.8, 4) is 130 Å². The first-order valence-corrected chi connectivity index (χ1v) is 19.6. The van der Waals surface area contributed by atoms with Gasteiger partial charge in [-0.25, -0.2) is 4.98 Å². The number of aromatic nitrogens is 1. The maximum Gasteiger partial charge on any atom is 0.263 e. The number of nitrogens with two attached hydrogens (primary N) is 2. The highest BCUT2D eigenvalue weighted by Crippen LogP contribution is 2.33. The molecule has 0 unspecified atom stereocenters. The van der Waals surface area contributed by atoms with Crippen LogP contribution >= 0.6 is 11.3 Å². The molecule has 0 atom stereocenters. The number of carbonyl (C=O) groups excluding carboxylic acids is 1. The number of nitrogens with one attached hydrogen (secondary N) is 3. The van der Waals surface area contributed by atoms with Gasteiger partial charge in [-0.2, -0.15) is 0 Å². The van der Waals surface area contributed by atoms with Crippen molar-refractivity contribution in [1.82, 2.24) is 20.7 Å². The molecule has 330 valence electrons. The quantitative estimate of drug-likeness (QED) is 0.0394. The molecule has 1 saturated heterocycles. The number of hydrogen-bond donors (Lipinski definition) is 5. The van der Waals surface area contributed by atoms with E-state index in [1.807, 2.05) is 18.2 Å². The van der Waals surface area contributed by atoms with Crippen molar-refractivity contribution in [1.29, 1.82) is 0 Å². The van der Waals surface area contributed by atoms with Crippen molar-refractivity contribution in [3.05, 3.63) is 56.3 Å². The van der Waals surface area contributed by atoms with Crippen molar-refractivity contribution < 1.29 is 26.2 Å². The number of amides is 1. The molecule has 1 fully saturated rings. The maximum absolute atomic E-state index is 13.0. The van der Waals surface area contributed by atoms with Crippen molar-refractivity contribution in [3.63, 3.8) is 0 Å². The Labute approximate surface area is 391 Å². The minimum atomic E-state index is -0.0453. The number of nitroso groups, excluding NO2 is 1. The number of fused-ring (bicyclic) bond motifs is 1. The number of nitrogen functional groups attached to an aromatic ring is 1. The Morgan fingerprint density at radius 3 is 1.82 bits per heavy atom. The van der Waals surface area contributed by atoms with E-state index < -0.39 is 0 Å². The lowest BCUT2D eigenvalue weighted by molar-refractivity contribution is -0.444. The average Bonchev–Trinajstić information content (AvgIpc) is 3.56. The molecular formula is C48H64N10O2S2. The van der Waals surface area contributed by atoms with Crippen LogP contribution in [0, 0.1) is 155 Å². The Morgan fingerprint density at radius 1 is 0.871 bits per heavy atom. The third-order valence-electron chi connectivity index (χ3n) is 7.93. The van der Waals surface area contributed by atoms with E-state index in [1.54, 1.807) is 36.9 Å². The Kier molecular flexibility index (Phi) is 24.5. The van der Waals surface area contributed by atoms with Crippen LogP contribution in [-0.4, -0.2) is 46.7 Å². The summed E-state index contributed by atoms with van der Waals surface area (Å²) in [7, 11) is 2.18. The zero-order valence-electron chi connectivity index (χ0n) is 34.7. The normalized spacial score (nSPS) is 10.2. The number of aryl methyl sites for hydroxylation is 1. The molecule has 1 aromatic carbocycles. The van der Waals surface area contributed by atoms with Gasteiger partial charge >= 0.3 is 0 Å². The molecule has 3 heterocycles. The molecule has 0 spiro atoms. The summed E-state index contributed by atoms with van der Waals surface area (Å²) >= 11 is 5.47. The first-order chi connectivity index (χ1) is 30.1. The fraction of sp³-hybridized carbons (Fsp3) is 0.250. The topological polar surface area (TPSA) is 166 Å². The number of likely N-dealkylation sites (tertiary alicyclic amines) is 1. The van der Waals surface area contributed by atoms with E-state index in [0.29, 0.717) is 18.3 Å². The number of benzene rings is 1. The molecular weight excluding hydrogens is 813 g/mol. The molecule has 7 N–H and O–H groups in total. The van der Waals surface area contributed by atoms with Gasteiger partial charge < -0.3 is 34.1 Å². The minimum Gasteiger partial charge on any atom is -0.478 e. The third-order valence-corrected chi connectivity index (χ3v) is 9.22. The molecule has 3 aromatic rings. The number of pyridine rings is 1. The Hall–Kier alpha value is -8.46. The molecule has 0 radical (unpaired) electrons. The Morgan fingerprint density at radius 2 is 1.37 bits per heavy atom. The van der Waals surface area contributed by atoms with Crippen LogP contribution in [0.15, 0.2) is 40.9 Å². The summed E-state index contributed by atoms with van der Waals surface area (Å²) in [5.74, 6) is 61.2. The molecule has 2 aromatic heterocycles. The van der Waals surface area contributed by atoms with E-state index in [0.717, 1.165) is 46.5 Å². The maximum atomic E-state index is 13.0. The van der Waals surface area contributed by atoms with Crippen LogP contribution < -0.4 is 27.7 Å². The number of piperidine rings is 1. The summed E-state index contributed by atoms with van der Waals surface area (Å²) < 4.78 is -0.0453. The van der Waals surface area contributed by atoms with Gasteiger partial charge in [0.05, 0.1) is 10.9 Å². The number of hydrogen-bond acceptors (Lipinski definition) is 10. The molecule has 0 bridgehead atoms. The van der Waals surface area contributed by atoms with Gasteiger partial charge in [0.25, 0.3) is 5.91 Å². The first-order valence-electron chi connectivity index (χ1n) is 18.4. The summed E-state index contributed by atoms with van der Waals surface area (Å²) in [5, 5.41) is 14.2. The molecule has 0 aliphatic carbocycles. The molecule has 4 rings (SSSR count). The summed E-state index contributed by atoms with van der Waals surface area (Å²) in [4.78, 5) is 31.1. The number of thiophene rings is 1. The number of hydrazine groups is 1. The summed E-state index contributed by atoms with van der Waals surface area (Å²) in [6.07, 6.45) is 4.11. The van der Waals surface area contributed by atoms with Crippen LogP contribution in [0.1, 0.15) is 69.5 Å². The smallest absolute Gasteiger partial charge is 0.263 e. The van der Waals surface area contributed by atoms with Gasteiger partial charge in [0, 0.05) is 70.4 Å². The fourth-order valence-corrected chi connectivity index (χ4v) is 5.98. The van der Waals surface area contributed by atoms with Crippen molar-refractivity contribution in [2.24, 2.45) is 22.2 Å². The number of nitrogens with zero attached hydrogens (tertiary/aromatic N) is 5. The number of carbonyl (C=O) groups is 1. The van der Waals surface area contributed by atoms with Gasteiger partial charge in [-0.1, -0.05) is 33.2 Å². The van der Waals surface area contributed by atoms with Crippen LogP contribution in [0.25, 0.3) is 10.8 Å². The molecule has 62 heavy (non-hydrogen) atoms. The molecule has 1 aliphatic heterocycles. The zero-order chi connectivity index (χ0) is 45.2. The summed E-state index contributed by atoms with van der Waals surface area (Å²) in [6.45, 7) is 11.3. The van der Waals surface area contributed by atoms with E-state index in [2.05, 4.69) is 207 Å². The Balaban J connectivity index is -0.0000000938. The number of rotatable bonds is 8. The van der Waals surface area contributed by atoms with E-state index in [1.165, 1.54) is 23.3 Å². The minimum absolute atomic E-state index is 0. The second-order valence-electron chi connectivity index (χ2n) is 12.1. The molecule has 0 saturated carbocycles. The lowest BCUT2D eigenvalue weighted by Crippen LogP contribution is -2.33. The van der Waals surface area contributed by atoms with Crippen LogP contribution in [-0.2, 0) is 19.4 Å². The van der Waals surface area contributed by atoms with Crippen molar-refractivity contribution in [2.75, 3.05) is 37.7 Å². The van der Waals surface area contributed by atoms with Crippen LogP contribution in [0.4, 0.5) is 11.5 Å². The van der Waals surface area contributed by atoms with Gasteiger partial charge in [-0.05, 0) is 195 Å². The van der Waals surface area contributed by atoms with Crippen LogP contribution in [0.5, 0.6) is 0 Å². The van der Waals surface area contributed by atoms with Gasteiger partial charge in [0.15, 0.2) is 5.22 Å². The molecule has 1 amide bonds. The summed E-state index contributed by atoms with van der Waals surface area (Å²) in [6, 6.07) is 7.95.